The number of nitrogens with one attached hydrogen (secondary N) is 1. The van der Waals surface area contributed by atoms with Crippen LogP contribution in [0.1, 0.15) is 11.3 Å². The summed E-state index contributed by atoms with van der Waals surface area (Å²) in [7, 11) is 0. The molecule has 1 heterocycles. The van der Waals surface area contributed by atoms with Crippen molar-refractivity contribution in [1.82, 2.24) is 4.98 Å². The maximum atomic E-state index is 12.3. The monoisotopic (exact) mass is 269 g/mol. The summed E-state index contributed by atoms with van der Waals surface area (Å²) in [5, 5.41) is 8.50. The number of hydrogen-bond donors (Lipinski definition) is 2. The highest BCUT2D eigenvalue weighted by atomic mass is 19.4. The number of aliphatic carboxylic acids is 1. The third-order valence-electron chi connectivity index (χ3n) is 1.82. The number of halogens is 4. The van der Waals surface area contributed by atoms with Gasteiger partial charge in [-0.2, -0.15) is 0 Å². The lowest BCUT2D eigenvalue weighted by atomic mass is 10.1. The van der Waals surface area contributed by atoms with Gasteiger partial charge in [-0.15, -0.1) is 13.2 Å². The minimum Gasteiger partial charge on any atom is -0.481 e. The van der Waals surface area contributed by atoms with Gasteiger partial charge in [-0.1, -0.05) is 0 Å². The van der Waals surface area contributed by atoms with Crippen molar-refractivity contribution < 1.29 is 32.2 Å². The van der Waals surface area contributed by atoms with Crippen LogP contribution in [0.3, 0.4) is 0 Å². The van der Waals surface area contributed by atoms with E-state index >= 15 is 0 Å². The summed E-state index contributed by atoms with van der Waals surface area (Å²) >= 11 is 0. The smallest absolute Gasteiger partial charge is 0.481 e. The molecule has 9 heteroatoms. The summed E-state index contributed by atoms with van der Waals surface area (Å²) in [5.41, 5.74) is -2.21. The lowest BCUT2D eigenvalue weighted by Crippen LogP contribution is -2.25. The van der Waals surface area contributed by atoms with Crippen LogP contribution in [-0.2, 0) is 17.9 Å². The SMILES string of the molecule is O=C(O)Cc1cc(CF)[nH]c(=O)c1OC(F)(F)F. The first-order valence-corrected chi connectivity index (χ1v) is 4.51. The molecule has 0 saturated heterocycles. The molecule has 0 aliphatic heterocycles. The molecule has 1 aromatic heterocycles. The van der Waals surface area contributed by atoms with Crippen LogP contribution in [0.4, 0.5) is 17.6 Å². The summed E-state index contributed by atoms with van der Waals surface area (Å²) in [6, 6.07) is 0.802. The van der Waals surface area contributed by atoms with E-state index in [1.807, 2.05) is 4.98 Å². The second kappa shape index (κ2) is 5.07. The second-order valence-electron chi connectivity index (χ2n) is 3.23. The zero-order valence-corrected chi connectivity index (χ0v) is 8.68. The number of aromatic nitrogens is 1. The van der Waals surface area contributed by atoms with Gasteiger partial charge in [-0.3, -0.25) is 9.59 Å². The minimum absolute atomic E-state index is 0.328. The third kappa shape index (κ3) is 3.75. The van der Waals surface area contributed by atoms with Crippen molar-refractivity contribution >= 4 is 5.97 Å². The van der Waals surface area contributed by atoms with Crippen molar-refractivity contribution in [2.24, 2.45) is 0 Å². The number of hydrogen-bond acceptors (Lipinski definition) is 3. The Morgan fingerprint density at radius 3 is 2.50 bits per heavy atom. The summed E-state index contributed by atoms with van der Waals surface area (Å²) in [6.45, 7) is -1.14. The van der Waals surface area contributed by atoms with E-state index < -0.39 is 42.3 Å². The van der Waals surface area contributed by atoms with Gasteiger partial charge in [0.15, 0.2) is 5.75 Å². The predicted molar refractivity (Wildman–Crippen MR) is 49.9 cm³/mol. The maximum absolute atomic E-state index is 12.3. The predicted octanol–water partition coefficient (Wildman–Crippen LogP) is 1.37. The molecule has 0 bridgehead atoms. The number of carboxylic acids is 1. The van der Waals surface area contributed by atoms with Crippen molar-refractivity contribution in [3.8, 4) is 5.75 Å². The number of aromatic amines is 1. The Hall–Kier alpha value is -2.06. The van der Waals surface area contributed by atoms with Crippen LogP contribution in [-0.4, -0.2) is 22.4 Å². The molecule has 0 aliphatic rings. The van der Waals surface area contributed by atoms with Crippen LogP contribution in [0, 0.1) is 0 Å². The van der Waals surface area contributed by atoms with Crippen LogP contribution < -0.4 is 10.3 Å². The fraction of sp³-hybridized carbons (Fsp3) is 0.333. The molecule has 0 aromatic carbocycles. The molecule has 0 saturated carbocycles. The summed E-state index contributed by atoms with van der Waals surface area (Å²) in [5.74, 6) is -2.67. The molecular weight excluding hydrogens is 262 g/mol. The Labute approximate surface area is 97.0 Å². The number of carboxylic acid groups (broad SMARTS) is 1. The van der Waals surface area contributed by atoms with Gasteiger partial charge in [0.05, 0.1) is 6.42 Å². The van der Waals surface area contributed by atoms with E-state index in [1.54, 1.807) is 0 Å². The first-order chi connectivity index (χ1) is 8.23. The van der Waals surface area contributed by atoms with Crippen LogP contribution >= 0.6 is 0 Å². The van der Waals surface area contributed by atoms with Crippen LogP contribution in [0.2, 0.25) is 0 Å². The number of H-pyrrole nitrogens is 1. The summed E-state index contributed by atoms with van der Waals surface area (Å²) < 4.78 is 51.8. The second-order valence-corrected chi connectivity index (χ2v) is 3.23. The molecule has 2 N–H and O–H groups in total. The lowest BCUT2D eigenvalue weighted by Gasteiger charge is -2.12. The van der Waals surface area contributed by atoms with Gasteiger partial charge < -0.3 is 14.8 Å². The normalized spacial score (nSPS) is 11.3. The third-order valence-corrected chi connectivity index (χ3v) is 1.82. The summed E-state index contributed by atoms with van der Waals surface area (Å²) in [6.07, 6.45) is -6.03. The fourth-order valence-electron chi connectivity index (χ4n) is 1.25. The lowest BCUT2D eigenvalue weighted by molar-refractivity contribution is -0.275. The molecule has 0 aliphatic carbocycles. The number of carbonyl (C=O) groups is 1. The summed E-state index contributed by atoms with van der Waals surface area (Å²) in [4.78, 5) is 23.5. The van der Waals surface area contributed by atoms with Crippen molar-refractivity contribution in [2.45, 2.75) is 19.5 Å². The molecule has 5 nitrogen and oxygen atoms in total. The Morgan fingerprint density at radius 2 is 2.06 bits per heavy atom. The molecule has 1 aromatic rings. The van der Waals surface area contributed by atoms with Gasteiger partial charge in [-0.25, -0.2) is 4.39 Å². The Balaban J connectivity index is 3.28. The van der Waals surface area contributed by atoms with Crippen LogP contribution in [0.5, 0.6) is 5.75 Å². The molecule has 0 unspecified atom stereocenters. The van der Waals surface area contributed by atoms with E-state index in [0.29, 0.717) is 0 Å². The van der Waals surface area contributed by atoms with Crippen molar-refractivity contribution in [3.05, 3.63) is 27.7 Å². The van der Waals surface area contributed by atoms with Gasteiger partial charge in [-0.05, 0) is 6.07 Å². The molecule has 1 rings (SSSR count). The van der Waals surface area contributed by atoms with Gasteiger partial charge >= 0.3 is 12.3 Å². The largest absolute Gasteiger partial charge is 0.573 e. The van der Waals surface area contributed by atoms with E-state index in [2.05, 4.69) is 4.74 Å². The fourth-order valence-corrected chi connectivity index (χ4v) is 1.25. The van der Waals surface area contributed by atoms with E-state index in [1.165, 1.54) is 0 Å². The molecule has 0 fully saturated rings. The first kappa shape index (κ1) is 14.0. The standard InChI is InChI=1S/C9H7F4NO4/c10-3-5-1-4(2-6(15)16)7(8(17)14-5)18-9(11,12)13/h1H,2-3H2,(H,14,17)(H,15,16). The average Bonchev–Trinajstić information content (AvgIpc) is 2.20. The van der Waals surface area contributed by atoms with Gasteiger partial charge in [0.25, 0.3) is 5.56 Å². The minimum atomic E-state index is -5.14. The van der Waals surface area contributed by atoms with E-state index in [-0.39, 0.29) is 5.69 Å². The van der Waals surface area contributed by atoms with Gasteiger partial charge in [0.1, 0.15) is 6.67 Å². The highest BCUT2D eigenvalue weighted by Gasteiger charge is 2.34. The average molecular weight is 269 g/mol. The topological polar surface area (TPSA) is 79.4 Å². The molecule has 0 radical (unpaired) electrons. The molecule has 0 amide bonds. The number of pyridine rings is 1. The van der Waals surface area contributed by atoms with Gasteiger partial charge in [0, 0.05) is 11.3 Å². The van der Waals surface area contributed by atoms with Gasteiger partial charge in [0.2, 0.25) is 0 Å². The Kier molecular flexibility index (Phi) is 3.94. The number of alkyl halides is 4. The van der Waals surface area contributed by atoms with Crippen molar-refractivity contribution in [1.29, 1.82) is 0 Å². The highest BCUT2D eigenvalue weighted by Crippen LogP contribution is 2.23. The van der Waals surface area contributed by atoms with Crippen LogP contribution in [0.15, 0.2) is 10.9 Å². The molecule has 0 atom stereocenters. The number of rotatable bonds is 4. The van der Waals surface area contributed by atoms with E-state index in [9.17, 15) is 27.2 Å². The molecule has 100 valence electrons. The Bertz CT molecular complexity index is 508. The van der Waals surface area contributed by atoms with E-state index in [4.69, 9.17) is 5.11 Å². The van der Waals surface area contributed by atoms with Crippen molar-refractivity contribution in [3.63, 3.8) is 0 Å². The molecule has 18 heavy (non-hydrogen) atoms. The molecule has 0 spiro atoms. The Morgan fingerprint density at radius 1 is 1.44 bits per heavy atom. The first-order valence-electron chi connectivity index (χ1n) is 4.51. The zero-order chi connectivity index (χ0) is 13.9. The maximum Gasteiger partial charge on any atom is 0.573 e. The van der Waals surface area contributed by atoms with E-state index in [0.717, 1.165) is 6.07 Å². The van der Waals surface area contributed by atoms with Crippen molar-refractivity contribution in [2.75, 3.05) is 0 Å². The quantitative estimate of drug-likeness (QED) is 0.809. The molecular formula is C9H7F4NO4. The number of ether oxygens (including phenoxy) is 1. The highest BCUT2D eigenvalue weighted by molar-refractivity contribution is 5.71. The van der Waals surface area contributed by atoms with Crippen LogP contribution in [0.25, 0.3) is 0 Å². The zero-order valence-electron chi connectivity index (χ0n) is 8.68.